The maximum Gasteiger partial charge on any atom is 0.410 e. The first kappa shape index (κ1) is 22.7. The van der Waals surface area contributed by atoms with Crippen molar-refractivity contribution in [2.75, 3.05) is 6.54 Å². The van der Waals surface area contributed by atoms with Gasteiger partial charge in [0.15, 0.2) is 12.1 Å². The van der Waals surface area contributed by atoms with Crippen molar-refractivity contribution in [2.24, 2.45) is 4.99 Å². The summed E-state index contributed by atoms with van der Waals surface area (Å²) in [5.41, 5.74) is 3.52. The molecule has 3 heterocycles. The molecule has 2 atom stereocenters. The molecule has 2 aliphatic heterocycles. The number of aliphatic imine (C=N–C) groups is 1. The maximum absolute atomic E-state index is 13.3. The molecule has 0 spiro atoms. The third-order valence-electron chi connectivity index (χ3n) is 5.52. The van der Waals surface area contributed by atoms with Gasteiger partial charge in [-0.15, -0.1) is 0 Å². The number of aromatic nitrogens is 1. The lowest BCUT2D eigenvalue weighted by Gasteiger charge is -2.37. The van der Waals surface area contributed by atoms with Crippen LogP contribution >= 0.6 is 0 Å². The Morgan fingerprint density at radius 3 is 2.76 bits per heavy atom. The van der Waals surface area contributed by atoms with E-state index in [1.54, 1.807) is 29.3 Å². The molecule has 2 unspecified atom stereocenters. The normalized spacial score (nSPS) is 22.3. The molecule has 0 saturated carbocycles. The van der Waals surface area contributed by atoms with Crippen LogP contribution in [0.4, 0.5) is 9.18 Å². The second-order valence-corrected chi connectivity index (χ2v) is 9.34. The molecule has 1 saturated heterocycles. The van der Waals surface area contributed by atoms with Crippen molar-refractivity contribution < 1.29 is 18.8 Å². The highest BCUT2D eigenvalue weighted by Crippen LogP contribution is 2.36. The van der Waals surface area contributed by atoms with E-state index in [1.807, 2.05) is 33.8 Å². The highest BCUT2D eigenvalue weighted by molar-refractivity contribution is 5.97. The van der Waals surface area contributed by atoms with Crippen LogP contribution in [0.1, 0.15) is 57.4 Å². The van der Waals surface area contributed by atoms with Crippen LogP contribution in [0.3, 0.4) is 0 Å². The highest BCUT2D eigenvalue weighted by Gasteiger charge is 2.50. The van der Waals surface area contributed by atoms with Crippen molar-refractivity contribution in [3.63, 3.8) is 0 Å². The number of likely N-dealkylation sites (tertiary alicyclic amines) is 1. The molecule has 8 heteroatoms. The minimum Gasteiger partial charge on any atom is -0.444 e. The van der Waals surface area contributed by atoms with Crippen LogP contribution in [0.5, 0.6) is 0 Å². The van der Waals surface area contributed by atoms with Crippen LogP contribution in [-0.4, -0.2) is 45.7 Å². The molecular formula is C25H27FN4O3. The van der Waals surface area contributed by atoms with E-state index >= 15 is 0 Å². The van der Waals surface area contributed by atoms with Gasteiger partial charge in [0.1, 0.15) is 17.1 Å². The Hall–Kier alpha value is -3.44. The first-order valence-electron chi connectivity index (χ1n) is 10.9. The van der Waals surface area contributed by atoms with Gasteiger partial charge in [0.25, 0.3) is 0 Å². The Morgan fingerprint density at radius 2 is 2.06 bits per heavy atom. The van der Waals surface area contributed by atoms with Crippen molar-refractivity contribution in [2.45, 2.75) is 57.9 Å². The van der Waals surface area contributed by atoms with Gasteiger partial charge in [-0.3, -0.25) is 9.88 Å². The number of amidine groups is 1. The lowest BCUT2D eigenvalue weighted by atomic mass is 9.97. The third-order valence-corrected chi connectivity index (χ3v) is 5.52. The summed E-state index contributed by atoms with van der Waals surface area (Å²) in [6.45, 7) is 8.09. The Labute approximate surface area is 193 Å². The van der Waals surface area contributed by atoms with E-state index in [9.17, 15) is 9.18 Å². The van der Waals surface area contributed by atoms with E-state index in [2.05, 4.69) is 27.3 Å². The molecule has 1 aromatic carbocycles. The van der Waals surface area contributed by atoms with Crippen LogP contribution < -0.4 is 5.48 Å². The van der Waals surface area contributed by atoms with Crippen molar-refractivity contribution in [1.29, 1.82) is 0 Å². The quantitative estimate of drug-likeness (QED) is 0.700. The summed E-state index contributed by atoms with van der Waals surface area (Å²) in [5.74, 6) is 6.06. The number of halogens is 1. The van der Waals surface area contributed by atoms with E-state index in [0.717, 1.165) is 12.8 Å². The van der Waals surface area contributed by atoms with Gasteiger partial charge < -0.3 is 4.74 Å². The largest absolute Gasteiger partial charge is 0.444 e. The number of hydroxylamine groups is 1. The number of benzene rings is 1. The summed E-state index contributed by atoms with van der Waals surface area (Å²) in [6.07, 6.45) is 2.27. The van der Waals surface area contributed by atoms with Gasteiger partial charge in [0.2, 0.25) is 0 Å². The lowest BCUT2D eigenvalue weighted by molar-refractivity contribution is -0.0614. The van der Waals surface area contributed by atoms with E-state index < -0.39 is 17.4 Å². The number of nitrogens with one attached hydrogen (secondary N) is 1. The first-order chi connectivity index (χ1) is 15.6. The van der Waals surface area contributed by atoms with Crippen molar-refractivity contribution in [1.82, 2.24) is 15.4 Å². The summed E-state index contributed by atoms with van der Waals surface area (Å²) in [5, 5.41) is 0. The summed E-state index contributed by atoms with van der Waals surface area (Å²) in [4.78, 5) is 29.3. The number of hydrogen-bond acceptors (Lipinski definition) is 6. The van der Waals surface area contributed by atoms with Gasteiger partial charge >= 0.3 is 6.09 Å². The zero-order valence-electron chi connectivity index (χ0n) is 19.2. The number of ether oxygens (including phenoxy) is 1. The monoisotopic (exact) mass is 450 g/mol. The molecule has 0 radical (unpaired) electrons. The third kappa shape index (κ3) is 5.15. The van der Waals surface area contributed by atoms with Gasteiger partial charge in [0, 0.05) is 23.9 Å². The van der Waals surface area contributed by atoms with Crippen molar-refractivity contribution >= 4 is 11.9 Å². The molecule has 1 N–H and O–H groups in total. The van der Waals surface area contributed by atoms with Crippen LogP contribution in [0.2, 0.25) is 0 Å². The zero-order valence-corrected chi connectivity index (χ0v) is 19.2. The maximum atomic E-state index is 13.3. The lowest BCUT2D eigenvalue weighted by Crippen LogP contribution is -2.54. The second-order valence-electron chi connectivity index (χ2n) is 9.34. The SMILES string of the molecule is CC(C)(C)OC(=O)N1CCCC1(C)C1N=C(c2ccc(C#Cc3cccc(F)c3)cn2)NO1. The van der Waals surface area contributed by atoms with Crippen LogP contribution in [0.25, 0.3) is 0 Å². The molecule has 2 aliphatic rings. The number of nitrogens with zero attached hydrogens (tertiary/aromatic N) is 3. The van der Waals surface area contributed by atoms with E-state index in [4.69, 9.17) is 9.57 Å². The van der Waals surface area contributed by atoms with Gasteiger partial charge in [-0.1, -0.05) is 17.9 Å². The molecule has 1 amide bonds. The number of rotatable bonds is 2. The second kappa shape index (κ2) is 8.83. The summed E-state index contributed by atoms with van der Waals surface area (Å²) < 4.78 is 18.9. The molecule has 172 valence electrons. The Bertz CT molecular complexity index is 1130. The number of carbonyl (C=O) groups excluding carboxylic acids is 1. The average molecular weight is 451 g/mol. The van der Waals surface area contributed by atoms with E-state index in [-0.39, 0.29) is 11.9 Å². The Morgan fingerprint density at radius 1 is 1.27 bits per heavy atom. The molecule has 2 aromatic rings. The number of carbonyl (C=O) groups is 1. The predicted octanol–water partition coefficient (Wildman–Crippen LogP) is 4.02. The topological polar surface area (TPSA) is 76.0 Å². The minimum atomic E-state index is -0.631. The smallest absolute Gasteiger partial charge is 0.410 e. The fourth-order valence-electron chi connectivity index (χ4n) is 3.84. The fraction of sp³-hybridized carbons (Fsp3) is 0.400. The van der Waals surface area contributed by atoms with Gasteiger partial charge in [0.05, 0.1) is 5.54 Å². The van der Waals surface area contributed by atoms with Crippen molar-refractivity contribution in [3.05, 3.63) is 65.2 Å². The Kier molecular flexibility index (Phi) is 6.09. The highest BCUT2D eigenvalue weighted by atomic mass is 19.1. The van der Waals surface area contributed by atoms with Gasteiger partial charge in [-0.2, -0.15) is 0 Å². The van der Waals surface area contributed by atoms with E-state index in [0.29, 0.717) is 29.2 Å². The van der Waals surface area contributed by atoms with Crippen LogP contribution in [0.15, 0.2) is 47.6 Å². The number of pyridine rings is 1. The van der Waals surface area contributed by atoms with Crippen LogP contribution in [0, 0.1) is 17.7 Å². The molecule has 4 rings (SSSR count). The van der Waals surface area contributed by atoms with Crippen LogP contribution in [-0.2, 0) is 9.57 Å². The molecular weight excluding hydrogens is 423 g/mol. The van der Waals surface area contributed by atoms with E-state index in [1.165, 1.54) is 12.1 Å². The first-order valence-corrected chi connectivity index (χ1v) is 10.9. The predicted molar refractivity (Wildman–Crippen MR) is 122 cm³/mol. The molecule has 0 bridgehead atoms. The molecule has 1 fully saturated rings. The fourth-order valence-corrected chi connectivity index (χ4v) is 3.84. The number of amides is 1. The molecule has 7 nitrogen and oxygen atoms in total. The van der Waals surface area contributed by atoms with Gasteiger partial charge in [-0.25, -0.2) is 24.5 Å². The van der Waals surface area contributed by atoms with Crippen molar-refractivity contribution in [3.8, 4) is 11.8 Å². The van der Waals surface area contributed by atoms with Gasteiger partial charge in [-0.05, 0) is 70.9 Å². The minimum absolute atomic E-state index is 0.323. The zero-order chi connectivity index (χ0) is 23.6. The summed E-state index contributed by atoms with van der Waals surface area (Å²) in [7, 11) is 0. The summed E-state index contributed by atoms with van der Waals surface area (Å²) >= 11 is 0. The standard InChI is InChI=1S/C25H27FN4O3/c1-24(2,3)32-23(31)30-14-6-13-25(30,4)22-28-21(29-33-22)20-12-11-18(16-27-20)10-9-17-7-5-8-19(26)15-17/h5,7-8,11-12,15-16,22H,6,13-14H2,1-4H3,(H,28,29). The molecule has 1 aromatic heterocycles. The molecule has 0 aliphatic carbocycles. The number of hydrogen-bond donors (Lipinski definition) is 1. The Balaban J connectivity index is 1.48. The summed E-state index contributed by atoms with van der Waals surface area (Å²) in [6, 6.07) is 9.73. The average Bonchev–Trinajstić information content (AvgIpc) is 3.40. The molecule has 33 heavy (non-hydrogen) atoms.